The Balaban J connectivity index is 0.00000240. The Morgan fingerprint density at radius 3 is 2.62 bits per heavy atom. The lowest BCUT2D eigenvalue weighted by atomic mass is 9.90. The van der Waals surface area contributed by atoms with Crippen LogP contribution in [0.5, 0.6) is 11.5 Å². The molecule has 4 rings (SSSR count). The summed E-state index contributed by atoms with van der Waals surface area (Å²) in [6.07, 6.45) is 2.98. The van der Waals surface area contributed by atoms with E-state index in [0.29, 0.717) is 28.2 Å². The summed E-state index contributed by atoms with van der Waals surface area (Å²) in [6.45, 7) is 0. The van der Waals surface area contributed by atoms with Crippen LogP contribution in [0.4, 0.5) is 15.9 Å². The number of nitrogens with zero attached hydrogens (tertiary/aromatic N) is 2. The third-order valence-corrected chi connectivity index (χ3v) is 5.42. The molecule has 3 N–H and O–H groups in total. The normalized spacial score (nSPS) is 18.0. The van der Waals surface area contributed by atoms with Crippen molar-refractivity contribution in [1.29, 1.82) is 0 Å². The molecule has 1 fully saturated rings. The summed E-state index contributed by atoms with van der Waals surface area (Å²) in [5, 5.41) is 3.58. The predicted molar refractivity (Wildman–Crippen MR) is 115 cm³/mol. The van der Waals surface area contributed by atoms with Gasteiger partial charge in [0.05, 0.1) is 28.4 Å². The van der Waals surface area contributed by atoms with Crippen LogP contribution in [0.25, 0.3) is 10.9 Å². The zero-order chi connectivity index (χ0) is 19.8. The van der Waals surface area contributed by atoms with Crippen molar-refractivity contribution in [3.63, 3.8) is 0 Å². The molecule has 3 aromatic rings. The second kappa shape index (κ2) is 8.75. The number of nitrogens with one attached hydrogen (secondary N) is 1. The van der Waals surface area contributed by atoms with Crippen molar-refractivity contribution >= 4 is 58.0 Å². The minimum absolute atomic E-state index is 0. The van der Waals surface area contributed by atoms with E-state index in [9.17, 15) is 4.39 Å². The summed E-state index contributed by atoms with van der Waals surface area (Å²) in [6, 6.07) is 6.69. The largest absolute Gasteiger partial charge is 0.493 e. The van der Waals surface area contributed by atoms with Crippen molar-refractivity contribution in [2.75, 3.05) is 12.4 Å². The number of rotatable bonds is 5. The fourth-order valence-electron chi connectivity index (χ4n) is 3.05. The van der Waals surface area contributed by atoms with Gasteiger partial charge in [0, 0.05) is 17.5 Å². The molecular weight excluding hydrogens is 442 g/mol. The molecular formula is C19H18Cl3FN4O2. The van der Waals surface area contributed by atoms with Crippen LogP contribution >= 0.6 is 35.6 Å². The number of hydrogen-bond donors (Lipinski definition) is 2. The van der Waals surface area contributed by atoms with E-state index < -0.39 is 5.82 Å². The topological polar surface area (TPSA) is 82.3 Å². The molecule has 1 aliphatic carbocycles. The Kier molecular flexibility index (Phi) is 6.53. The number of methoxy groups -OCH3 is 1. The van der Waals surface area contributed by atoms with Crippen molar-refractivity contribution in [2.24, 2.45) is 5.73 Å². The molecule has 1 aromatic heterocycles. The summed E-state index contributed by atoms with van der Waals surface area (Å²) in [5.74, 6) is 0.854. The van der Waals surface area contributed by atoms with Gasteiger partial charge in [-0.15, -0.1) is 12.4 Å². The quantitative estimate of drug-likeness (QED) is 0.515. The van der Waals surface area contributed by atoms with E-state index in [4.69, 9.17) is 38.4 Å². The monoisotopic (exact) mass is 458 g/mol. The highest BCUT2D eigenvalue weighted by molar-refractivity contribution is 6.42. The van der Waals surface area contributed by atoms with Crippen LogP contribution in [0.15, 0.2) is 30.6 Å². The first-order chi connectivity index (χ1) is 13.5. The van der Waals surface area contributed by atoms with E-state index in [1.54, 1.807) is 19.2 Å². The van der Waals surface area contributed by atoms with E-state index in [1.165, 1.54) is 18.5 Å². The Bertz CT molecular complexity index is 1050. The summed E-state index contributed by atoms with van der Waals surface area (Å²) in [4.78, 5) is 8.50. The van der Waals surface area contributed by atoms with Gasteiger partial charge >= 0.3 is 0 Å². The molecule has 1 heterocycles. The molecule has 0 aliphatic heterocycles. The third-order valence-electron chi connectivity index (χ3n) is 4.63. The highest BCUT2D eigenvalue weighted by Gasteiger charge is 2.28. The summed E-state index contributed by atoms with van der Waals surface area (Å²) in [7, 11) is 1.56. The average molecular weight is 460 g/mol. The van der Waals surface area contributed by atoms with Crippen molar-refractivity contribution in [1.82, 2.24) is 9.97 Å². The van der Waals surface area contributed by atoms with Crippen LogP contribution in [0.1, 0.15) is 12.8 Å². The molecule has 10 heteroatoms. The van der Waals surface area contributed by atoms with Crippen LogP contribution in [0.2, 0.25) is 10.0 Å². The molecule has 2 aromatic carbocycles. The van der Waals surface area contributed by atoms with E-state index in [1.807, 2.05) is 0 Å². The van der Waals surface area contributed by atoms with Crippen molar-refractivity contribution in [3.05, 3.63) is 46.5 Å². The molecule has 0 spiro atoms. The first-order valence-corrected chi connectivity index (χ1v) is 9.37. The fraction of sp³-hybridized carbons (Fsp3) is 0.263. The summed E-state index contributed by atoms with van der Waals surface area (Å²) in [5.41, 5.74) is 6.60. The average Bonchev–Trinajstić information content (AvgIpc) is 2.67. The maximum Gasteiger partial charge on any atom is 0.166 e. The fourth-order valence-corrected chi connectivity index (χ4v) is 3.36. The SMILES string of the molecule is COc1cc2ncnc(Nc3ccc(Cl)c(Cl)c3F)c2cc1OC1CC(N)C1.Cl. The molecule has 0 atom stereocenters. The lowest BCUT2D eigenvalue weighted by molar-refractivity contribution is 0.0975. The first-order valence-electron chi connectivity index (χ1n) is 8.61. The summed E-state index contributed by atoms with van der Waals surface area (Å²) < 4.78 is 25.9. The molecule has 154 valence electrons. The number of nitrogens with two attached hydrogens (primary N) is 1. The van der Waals surface area contributed by atoms with Gasteiger partial charge in [-0.3, -0.25) is 0 Å². The molecule has 0 amide bonds. The van der Waals surface area contributed by atoms with Crippen LogP contribution in [-0.4, -0.2) is 29.2 Å². The number of hydrogen-bond acceptors (Lipinski definition) is 6. The van der Waals surface area contributed by atoms with E-state index >= 15 is 0 Å². The van der Waals surface area contributed by atoms with E-state index in [0.717, 1.165) is 12.8 Å². The van der Waals surface area contributed by atoms with Gasteiger partial charge in [0.15, 0.2) is 17.3 Å². The highest BCUT2D eigenvalue weighted by Crippen LogP contribution is 2.38. The van der Waals surface area contributed by atoms with Gasteiger partial charge in [0.25, 0.3) is 0 Å². The highest BCUT2D eigenvalue weighted by atomic mass is 35.5. The third kappa shape index (κ3) is 4.28. The van der Waals surface area contributed by atoms with Gasteiger partial charge in [-0.2, -0.15) is 0 Å². The van der Waals surface area contributed by atoms with Crippen LogP contribution in [0.3, 0.4) is 0 Å². The zero-order valence-electron chi connectivity index (χ0n) is 15.3. The van der Waals surface area contributed by atoms with Gasteiger partial charge in [0.1, 0.15) is 18.2 Å². The minimum atomic E-state index is -0.658. The first kappa shape index (κ1) is 21.6. The zero-order valence-corrected chi connectivity index (χ0v) is 17.6. The molecule has 0 unspecified atom stereocenters. The van der Waals surface area contributed by atoms with Gasteiger partial charge in [0.2, 0.25) is 0 Å². The van der Waals surface area contributed by atoms with E-state index in [2.05, 4.69) is 15.3 Å². The van der Waals surface area contributed by atoms with Crippen LogP contribution in [-0.2, 0) is 0 Å². The van der Waals surface area contributed by atoms with Gasteiger partial charge in [-0.05, 0) is 31.0 Å². The number of halogens is 4. The number of benzene rings is 2. The minimum Gasteiger partial charge on any atom is -0.493 e. The Labute approximate surface area is 182 Å². The number of ether oxygens (including phenoxy) is 2. The van der Waals surface area contributed by atoms with Crippen LogP contribution < -0.4 is 20.5 Å². The Morgan fingerprint density at radius 1 is 1.17 bits per heavy atom. The van der Waals surface area contributed by atoms with Crippen molar-refractivity contribution < 1.29 is 13.9 Å². The van der Waals surface area contributed by atoms with Gasteiger partial charge in [-0.25, -0.2) is 14.4 Å². The molecule has 6 nitrogen and oxygen atoms in total. The maximum atomic E-state index is 14.4. The van der Waals surface area contributed by atoms with E-state index in [-0.39, 0.29) is 40.3 Å². The Hall–Kier alpha value is -2.06. The molecule has 1 saturated carbocycles. The van der Waals surface area contributed by atoms with Gasteiger partial charge in [-0.1, -0.05) is 23.2 Å². The second-order valence-electron chi connectivity index (χ2n) is 6.56. The molecule has 0 bridgehead atoms. The van der Waals surface area contributed by atoms with Crippen molar-refractivity contribution in [3.8, 4) is 11.5 Å². The van der Waals surface area contributed by atoms with Gasteiger partial charge < -0.3 is 20.5 Å². The summed E-state index contributed by atoms with van der Waals surface area (Å²) >= 11 is 11.7. The molecule has 0 radical (unpaired) electrons. The standard InChI is InChI=1S/C19H17Cl2FN4O2.ClH/c1-27-15-7-14-11(6-16(15)28-10-4-9(23)5-10)19(25-8-24-14)26-13-3-2-12(20)17(21)18(13)22;/h2-3,6-10H,4-5,23H2,1H3,(H,24,25,26);1H. The Morgan fingerprint density at radius 2 is 1.93 bits per heavy atom. The number of anilines is 2. The van der Waals surface area contributed by atoms with Crippen molar-refractivity contribution in [2.45, 2.75) is 25.0 Å². The number of aromatic nitrogens is 2. The maximum absolute atomic E-state index is 14.4. The molecule has 29 heavy (non-hydrogen) atoms. The molecule has 0 saturated heterocycles. The predicted octanol–water partition coefficient (Wildman–Crippen LogP) is 5.12. The van der Waals surface area contributed by atoms with Crippen LogP contribution in [0, 0.1) is 5.82 Å². The lowest BCUT2D eigenvalue weighted by Crippen LogP contribution is -2.43. The second-order valence-corrected chi connectivity index (χ2v) is 7.35. The smallest absolute Gasteiger partial charge is 0.166 e. The molecule has 1 aliphatic rings. The number of fused-ring (bicyclic) bond motifs is 1. The lowest BCUT2D eigenvalue weighted by Gasteiger charge is -2.33.